The van der Waals surface area contributed by atoms with Crippen LogP contribution < -0.4 is 9.64 Å². The van der Waals surface area contributed by atoms with E-state index < -0.39 is 11.7 Å². The summed E-state index contributed by atoms with van der Waals surface area (Å²) in [6.07, 6.45) is 0.0815. The molecule has 0 fully saturated rings. The Bertz CT molecular complexity index is 800. The van der Waals surface area contributed by atoms with Gasteiger partial charge in [-0.15, -0.1) is 0 Å². The smallest absolute Gasteiger partial charge is 0.265 e. The lowest BCUT2D eigenvalue weighted by Crippen LogP contribution is -2.36. The van der Waals surface area contributed by atoms with Gasteiger partial charge < -0.3 is 9.64 Å². The van der Waals surface area contributed by atoms with E-state index >= 15 is 0 Å². The summed E-state index contributed by atoms with van der Waals surface area (Å²) < 4.78 is 20.4. The van der Waals surface area contributed by atoms with Gasteiger partial charge in [0.1, 0.15) is 11.6 Å². The summed E-state index contributed by atoms with van der Waals surface area (Å²) in [4.78, 5) is 13.7. The molecule has 1 amide bonds. The average Bonchev–Trinajstić information content (AvgIpc) is 2.55. The minimum atomic E-state index is -0.536. The van der Waals surface area contributed by atoms with Crippen LogP contribution in [0.25, 0.3) is 0 Å². The fourth-order valence-electron chi connectivity index (χ4n) is 2.30. The van der Waals surface area contributed by atoms with Gasteiger partial charge in [0.25, 0.3) is 5.91 Å². The van der Waals surface area contributed by atoms with E-state index in [9.17, 15) is 9.18 Å². The normalized spacial score (nSPS) is 10.2. The highest BCUT2D eigenvalue weighted by Crippen LogP contribution is 2.32. The second-order valence-electron chi connectivity index (χ2n) is 5.23. The summed E-state index contributed by atoms with van der Waals surface area (Å²) in [6, 6.07) is 11.4. The molecule has 130 valence electrons. The molecule has 0 saturated carbocycles. The Morgan fingerprint density at radius 2 is 2.12 bits per heavy atom. The van der Waals surface area contributed by atoms with E-state index in [0.29, 0.717) is 10.8 Å². The molecule has 0 aliphatic rings. The Kier molecular flexibility index (Phi) is 6.80. The van der Waals surface area contributed by atoms with Crippen LogP contribution in [0.15, 0.2) is 40.9 Å². The van der Waals surface area contributed by atoms with Crippen LogP contribution in [0.1, 0.15) is 12.0 Å². The molecule has 0 unspecified atom stereocenters. The maximum Gasteiger partial charge on any atom is 0.265 e. The third-order valence-electron chi connectivity index (χ3n) is 3.43. The number of hydrogen-bond acceptors (Lipinski definition) is 3. The number of para-hydroxylation sites is 1. The van der Waals surface area contributed by atoms with Crippen molar-refractivity contribution in [3.05, 3.63) is 57.3 Å². The molecule has 0 aromatic heterocycles. The monoisotopic (exact) mass is 424 g/mol. The van der Waals surface area contributed by atoms with Crippen molar-refractivity contribution in [3.8, 4) is 11.8 Å². The average molecular weight is 426 g/mol. The lowest BCUT2D eigenvalue weighted by Gasteiger charge is -2.22. The second kappa shape index (κ2) is 8.84. The number of nitriles is 1. The number of carbonyl (C=O) groups is 1. The van der Waals surface area contributed by atoms with Gasteiger partial charge in [0.05, 0.1) is 23.2 Å². The number of aryl methyl sites for hydroxylation is 1. The molecule has 0 aliphatic heterocycles. The van der Waals surface area contributed by atoms with Gasteiger partial charge in [0.2, 0.25) is 0 Å². The Morgan fingerprint density at radius 3 is 2.76 bits per heavy atom. The Morgan fingerprint density at radius 1 is 1.40 bits per heavy atom. The van der Waals surface area contributed by atoms with Crippen molar-refractivity contribution in [1.29, 1.82) is 5.26 Å². The highest BCUT2D eigenvalue weighted by molar-refractivity contribution is 9.10. The van der Waals surface area contributed by atoms with E-state index in [1.807, 2.05) is 12.1 Å². The second-order valence-corrected chi connectivity index (χ2v) is 6.55. The first-order valence-corrected chi connectivity index (χ1v) is 8.61. The van der Waals surface area contributed by atoms with Crippen LogP contribution in [-0.4, -0.2) is 19.1 Å². The predicted octanol–water partition coefficient (Wildman–Crippen LogP) is 4.88. The molecular formula is C18H15BrClFN2O2. The predicted molar refractivity (Wildman–Crippen MR) is 98.4 cm³/mol. The number of carbonyl (C=O) groups excluding carboxylic acids is 1. The van der Waals surface area contributed by atoms with E-state index in [4.69, 9.17) is 21.6 Å². The maximum absolute atomic E-state index is 14.0. The van der Waals surface area contributed by atoms with Crippen molar-refractivity contribution in [3.63, 3.8) is 0 Å². The zero-order valence-electron chi connectivity index (χ0n) is 13.4. The van der Waals surface area contributed by atoms with Crippen LogP contribution in [0.4, 0.5) is 10.1 Å². The van der Waals surface area contributed by atoms with E-state index in [1.165, 1.54) is 23.1 Å². The standard InChI is InChI=1S/C18H15BrClFN2O2/c1-12-9-13(19)10-14(20)18(12)25-11-17(24)23(8-4-7-22)16-6-3-2-5-15(16)21/h2-3,5-6,9-10H,4,8,11H2,1H3. The molecule has 0 radical (unpaired) electrons. The van der Waals surface area contributed by atoms with Crippen LogP contribution in [-0.2, 0) is 4.79 Å². The van der Waals surface area contributed by atoms with Crippen LogP contribution in [0.3, 0.4) is 0 Å². The molecule has 0 atom stereocenters. The number of amides is 1. The van der Waals surface area contributed by atoms with Gasteiger partial charge in [-0.2, -0.15) is 5.26 Å². The summed E-state index contributed by atoms with van der Waals surface area (Å²) in [5, 5.41) is 9.15. The topological polar surface area (TPSA) is 53.3 Å². The molecule has 0 N–H and O–H groups in total. The third kappa shape index (κ3) is 4.94. The number of ether oxygens (including phenoxy) is 1. The summed E-state index contributed by atoms with van der Waals surface area (Å²) in [7, 11) is 0. The molecule has 2 aromatic rings. The first-order chi connectivity index (χ1) is 11.9. The van der Waals surface area contributed by atoms with Crippen LogP contribution >= 0.6 is 27.5 Å². The largest absolute Gasteiger partial charge is 0.482 e. The van der Waals surface area contributed by atoms with E-state index in [0.717, 1.165) is 10.0 Å². The fraction of sp³-hybridized carbons (Fsp3) is 0.222. The molecule has 0 heterocycles. The zero-order valence-corrected chi connectivity index (χ0v) is 15.8. The van der Waals surface area contributed by atoms with Gasteiger partial charge in [-0.3, -0.25) is 4.79 Å². The van der Waals surface area contributed by atoms with Crippen molar-refractivity contribution < 1.29 is 13.9 Å². The van der Waals surface area contributed by atoms with E-state index in [1.54, 1.807) is 19.1 Å². The van der Waals surface area contributed by atoms with Crippen LogP contribution in [0.5, 0.6) is 5.75 Å². The minimum absolute atomic E-state index is 0.0761. The molecule has 7 heteroatoms. The van der Waals surface area contributed by atoms with E-state index in [2.05, 4.69) is 15.9 Å². The van der Waals surface area contributed by atoms with Gasteiger partial charge in [0, 0.05) is 11.0 Å². The van der Waals surface area contributed by atoms with Crippen molar-refractivity contribution in [2.24, 2.45) is 0 Å². The molecular weight excluding hydrogens is 411 g/mol. The van der Waals surface area contributed by atoms with Crippen molar-refractivity contribution in [2.45, 2.75) is 13.3 Å². The van der Waals surface area contributed by atoms with Crippen molar-refractivity contribution in [2.75, 3.05) is 18.1 Å². The van der Waals surface area contributed by atoms with Crippen LogP contribution in [0, 0.1) is 24.1 Å². The van der Waals surface area contributed by atoms with Gasteiger partial charge in [-0.05, 0) is 36.8 Å². The molecule has 0 saturated heterocycles. The summed E-state index contributed by atoms with van der Waals surface area (Å²) in [5.41, 5.74) is 0.881. The summed E-state index contributed by atoms with van der Waals surface area (Å²) in [6.45, 7) is 1.56. The molecule has 0 spiro atoms. The first kappa shape index (κ1) is 19.2. The minimum Gasteiger partial charge on any atom is -0.482 e. The molecule has 25 heavy (non-hydrogen) atoms. The van der Waals surface area contributed by atoms with Crippen LogP contribution in [0.2, 0.25) is 5.02 Å². The Labute approximate surface area is 158 Å². The Balaban J connectivity index is 2.18. The number of anilines is 1. The zero-order chi connectivity index (χ0) is 18.4. The molecule has 2 rings (SSSR count). The van der Waals surface area contributed by atoms with E-state index in [-0.39, 0.29) is 25.3 Å². The molecule has 2 aromatic carbocycles. The third-order valence-corrected chi connectivity index (χ3v) is 4.16. The molecule has 0 bridgehead atoms. The molecule has 0 aliphatic carbocycles. The number of halogens is 3. The number of rotatable bonds is 6. The number of nitrogens with zero attached hydrogens (tertiary/aromatic N) is 2. The fourth-order valence-corrected chi connectivity index (χ4v) is 3.32. The molecule has 4 nitrogen and oxygen atoms in total. The highest BCUT2D eigenvalue weighted by atomic mass is 79.9. The summed E-state index contributed by atoms with van der Waals surface area (Å²) in [5.74, 6) is -0.600. The van der Waals surface area contributed by atoms with Gasteiger partial charge in [-0.25, -0.2) is 4.39 Å². The number of hydrogen-bond donors (Lipinski definition) is 0. The Hall–Kier alpha value is -2.10. The van der Waals surface area contributed by atoms with Gasteiger partial charge in [0.15, 0.2) is 6.61 Å². The van der Waals surface area contributed by atoms with Crippen molar-refractivity contribution in [1.82, 2.24) is 0 Å². The van der Waals surface area contributed by atoms with Gasteiger partial charge in [-0.1, -0.05) is 39.7 Å². The summed E-state index contributed by atoms with van der Waals surface area (Å²) >= 11 is 9.47. The quantitative estimate of drug-likeness (QED) is 0.663. The SMILES string of the molecule is Cc1cc(Br)cc(Cl)c1OCC(=O)N(CCC#N)c1ccccc1F. The lowest BCUT2D eigenvalue weighted by atomic mass is 10.2. The van der Waals surface area contributed by atoms with Crippen molar-refractivity contribution >= 4 is 39.1 Å². The maximum atomic E-state index is 14.0. The first-order valence-electron chi connectivity index (χ1n) is 7.44. The lowest BCUT2D eigenvalue weighted by molar-refractivity contribution is -0.120. The number of benzene rings is 2. The van der Waals surface area contributed by atoms with Gasteiger partial charge >= 0.3 is 0 Å². The highest BCUT2D eigenvalue weighted by Gasteiger charge is 2.20.